The van der Waals surface area contributed by atoms with E-state index in [1.54, 1.807) is 42.5 Å². The summed E-state index contributed by atoms with van der Waals surface area (Å²) in [5.74, 6) is -0.561. The molecule has 3 aromatic carbocycles. The fraction of sp³-hybridized carbons (Fsp3) is 0.0800. The normalized spacial score (nSPS) is 11.6. The molecule has 0 unspecified atom stereocenters. The number of aromatic nitrogens is 2. The summed E-state index contributed by atoms with van der Waals surface area (Å²) in [7, 11) is -3.80. The van der Waals surface area contributed by atoms with Gasteiger partial charge in [0, 0.05) is 11.9 Å². The summed E-state index contributed by atoms with van der Waals surface area (Å²) < 4.78 is 28.8. The second kappa shape index (κ2) is 9.43. The molecule has 0 spiro atoms. The van der Waals surface area contributed by atoms with Crippen LogP contribution in [0.25, 0.3) is 5.69 Å². The van der Waals surface area contributed by atoms with Crippen molar-refractivity contribution in [3.8, 4) is 11.6 Å². The standard InChI is InChI=1S/C25H22N4O5S/c1-16-6-8-19(9-7-16)28-35(33,34)21-12-10-18(11-13-21)26-15-22-23(30)27-25(32)29(24(22)31)20-5-3-4-17(2)14-20/h3-15,28,31H,1-2H3,(H,27,30,32). The van der Waals surface area contributed by atoms with E-state index in [2.05, 4.69) is 14.7 Å². The molecule has 0 atom stereocenters. The van der Waals surface area contributed by atoms with Crippen LogP contribution >= 0.6 is 0 Å². The van der Waals surface area contributed by atoms with Crippen molar-refractivity contribution in [2.75, 3.05) is 4.72 Å². The van der Waals surface area contributed by atoms with E-state index in [0.29, 0.717) is 17.1 Å². The molecule has 1 aromatic heterocycles. The van der Waals surface area contributed by atoms with E-state index in [4.69, 9.17) is 0 Å². The van der Waals surface area contributed by atoms with Crippen LogP contribution in [0.4, 0.5) is 11.4 Å². The largest absolute Gasteiger partial charge is 0.493 e. The number of aromatic amines is 1. The van der Waals surface area contributed by atoms with Crippen LogP contribution in [0.2, 0.25) is 0 Å². The minimum atomic E-state index is -3.80. The van der Waals surface area contributed by atoms with Crippen molar-refractivity contribution in [1.29, 1.82) is 0 Å². The van der Waals surface area contributed by atoms with Gasteiger partial charge in [0.15, 0.2) is 0 Å². The molecule has 0 saturated heterocycles. The van der Waals surface area contributed by atoms with Crippen molar-refractivity contribution in [2.24, 2.45) is 4.99 Å². The highest BCUT2D eigenvalue weighted by Crippen LogP contribution is 2.21. The lowest BCUT2D eigenvalue weighted by atomic mass is 10.2. The zero-order valence-corrected chi connectivity index (χ0v) is 19.7. The van der Waals surface area contributed by atoms with Crippen LogP contribution in [-0.2, 0) is 10.0 Å². The van der Waals surface area contributed by atoms with E-state index in [0.717, 1.165) is 21.9 Å². The van der Waals surface area contributed by atoms with Gasteiger partial charge in [0.05, 0.1) is 16.3 Å². The molecule has 10 heteroatoms. The van der Waals surface area contributed by atoms with Crippen molar-refractivity contribution in [1.82, 2.24) is 9.55 Å². The highest BCUT2D eigenvalue weighted by molar-refractivity contribution is 7.92. The topological polar surface area (TPSA) is 134 Å². The van der Waals surface area contributed by atoms with Crippen LogP contribution in [0.1, 0.15) is 16.7 Å². The Bertz CT molecular complexity index is 1640. The minimum Gasteiger partial charge on any atom is -0.493 e. The second-order valence-electron chi connectivity index (χ2n) is 7.89. The lowest BCUT2D eigenvalue weighted by Gasteiger charge is -2.10. The highest BCUT2D eigenvalue weighted by Gasteiger charge is 2.16. The van der Waals surface area contributed by atoms with Gasteiger partial charge in [-0.25, -0.2) is 17.8 Å². The number of nitrogens with zero attached hydrogens (tertiary/aromatic N) is 2. The Labute approximate surface area is 201 Å². The first kappa shape index (κ1) is 23.7. The van der Waals surface area contributed by atoms with Crippen molar-refractivity contribution < 1.29 is 13.5 Å². The van der Waals surface area contributed by atoms with E-state index in [1.165, 1.54) is 24.3 Å². The molecular formula is C25H22N4O5S. The Morgan fingerprint density at radius 2 is 1.63 bits per heavy atom. The van der Waals surface area contributed by atoms with E-state index < -0.39 is 27.2 Å². The third-order valence-corrected chi connectivity index (χ3v) is 6.57. The third kappa shape index (κ3) is 5.22. The van der Waals surface area contributed by atoms with Crippen molar-refractivity contribution in [3.05, 3.63) is 110 Å². The number of benzene rings is 3. The average molecular weight is 491 g/mol. The fourth-order valence-electron chi connectivity index (χ4n) is 3.35. The lowest BCUT2D eigenvalue weighted by molar-refractivity contribution is 0.430. The van der Waals surface area contributed by atoms with Gasteiger partial charge in [0.2, 0.25) is 5.88 Å². The van der Waals surface area contributed by atoms with Gasteiger partial charge in [-0.05, 0) is 67.9 Å². The maximum absolute atomic E-state index is 12.6. The van der Waals surface area contributed by atoms with Crippen LogP contribution in [0.3, 0.4) is 0 Å². The van der Waals surface area contributed by atoms with Crippen molar-refractivity contribution >= 4 is 27.6 Å². The summed E-state index contributed by atoms with van der Waals surface area (Å²) in [6.45, 7) is 3.74. The molecule has 0 fully saturated rings. The predicted molar refractivity (Wildman–Crippen MR) is 135 cm³/mol. The SMILES string of the molecule is Cc1ccc(NS(=O)(=O)c2ccc(N=Cc3c(O)n(-c4cccc(C)c4)c(=O)[nH]c3=O)cc2)cc1. The monoisotopic (exact) mass is 490 g/mol. The molecule has 0 bridgehead atoms. The molecule has 0 radical (unpaired) electrons. The lowest BCUT2D eigenvalue weighted by Crippen LogP contribution is -2.31. The molecule has 35 heavy (non-hydrogen) atoms. The quantitative estimate of drug-likeness (QED) is 0.356. The summed E-state index contributed by atoms with van der Waals surface area (Å²) in [6.07, 6.45) is 1.12. The molecule has 1 heterocycles. The number of rotatable bonds is 6. The number of aryl methyl sites for hydroxylation is 2. The Balaban J connectivity index is 1.61. The van der Waals surface area contributed by atoms with Gasteiger partial charge < -0.3 is 5.11 Å². The smallest absolute Gasteiger partial charge is 0.335 e. The first-order valence-electron chi connectivity index (χ1n) is 10.5. The fourth-order valence-corrected chi connectivity index (χ4v) is 4.41. The van der Waals surface area contributed by atoms with Gasteiger partial charge in [-0.15, -0.1) is 0 Å². The number of sulfonamides is 1. The zero-order chi connectivity index (χ0) is 25.2. The van der Waals surface area contributed by atoms with E-state index in [1.807, 2.05) is 19.9 Å². The number of nitrogens with one attached hydrogen (secondary N) is 2. The van der Waals surface area contributed by atoms with E-state index in [-0.39, 0.29) is 10.5 Å². The number of aliphatic imine (C=N–C) groups is 1. The molecule has 3 N–H and O–H groups in total. The second-order valence-corrected chi connectivity index (χ2v) is 9.58. The van der Waals surface area contributed by atoms with Crippen LogP contribution in [0.5, 0.6) is 5.88 Å². The van der Waals surface area contributed by atoms with Crippen LogP contribution in [0.15, 0.2) is 92.3 Å². The zero-order valence-electron chi connectivity index (χ0n) is 18.9. The average Bonchev–Trinajstić information content (AvgIpc) is 2.80. The molecule has 0 saturated carbocycles. The highest BCUT2D eigenvalue weighted by atomic mass is 32.2. The summed E-state index contributed by atoms with van der Waals surface area (Å²) >= 11 is 0. The molecule has 9 nitrogen and oxygen atoms in total. The van der Waals surface area contributed by atoms with Crippen LogP contribution in [0, 0.1) is 13.8 Å². The molecule has 4 rings (SSSR count). The maximum Gasteiger partial charge on any atom is 0.335 e. The van der Waals surface area contributed by atoms with Gasteiger partial charge in [-0.2, -0.15) is 0 Å². The number of aromatic hydroxyl groups is 1. The molecule has 0 aliphatic rings. The summed E-state index contributed by atoms with van der Waals surface area (Å²) in [4.78, 5) is 31.0. The molecule has 0 aliphatic heterocycles. The number of hydrogen-bond acceptors (Lipinski definition) is 6. The molecule has 0 amide bonds. The first-order chi connectivity index (χ1) is 16.6. The third-order valence-electron chi connectivity index (χ3n) is 5.17. The van der Waals surface area contributed by atoms with Gasteiger partial charge >= 0.3 is 5.69 Å². The first-order valence-corrected chi connectivity index (χ1v) is 12.0. The Hall–Kier alpha value is -4.44. The van der Waals surface area contributed by atoms with E-state index in [9.17, 15) is 23.1 Å². The summed E-state index contributed by atoms with van der Waals surface area (Å²) in [5, 5.41) is 10.6. The molecule has 4 aromatic rings. The molecular weight excluding hydrogens is 468 g/mol. The summed E-state index contributed by atoms with van der Waals surface area (Å²) in [6, 6.07) is 19.5. The van der Waals surface area contributed by atoms with Gasteiger partial charge in [-0.3, -0.25) is 19.5 Å². The predicted octanol–water partition coefficient (Wildman–Crippen LogP) is 3.40. The number of anilines is 1. The van der Waals surface area contributed by atoms with Gasteiger partial charge in [-0.1, -0.05) is 29.8 Å². The molecule has 178 valence electrons. The van der Waals surface area contributed by atoms with Crippen LogP contribution < -0.4 is 16.0 Å². The Kier molecular flexibility index (Phi) is 6.39. The number of hydrogen-bond donors (Lipinski definition) is 3. The van der Waals surface area contributed by atoms with Gasteiger partial charge in [0.25, 0.3) is 15.6 Å². The molecule has 0 aliphatic carbocycles. The van der Waals surface area contributed by atoms with Crippen molar-refractivity contribution in [2.45, 2.75) is 18.7 Å². The van der Waals surface area contributed by atoms with Crippen molar-refractivity contribution in [3.63, 3.8) is 0 Å². The minimum absolute atomic E-state index is 0.0331. The van der Waals surface area contributed by atoms with Gasteiger partial charge in [0.1, 0.15) is 5.56 Å². The maximum atomic E-state index is 12.6. The summed E-state index contributed by atoms with van der Waals surface area (Å²) in [5.41, 5.74) is 1.23. The van der Waals surface area contributed by atoms with Crippen LogP contribution in [-0.4, -0.2) is 29.3 Å². The Morgan fingerprint density at radius 1 is 0.943 bits per heavy atom. The number of H-pyrrole nitrogens is 1. The van der Waals surface area contributed by atoms with E-state index >= 15 is 0 Å². The Morgan fingerprint density at radius 3 is 2.29 bits per heavy atom.